The second-order valence-electron chi connectivity index (χ2n) is 2.83. The first-order valence-electron chi connectivity index (χ1n) is 4.26. The maximum absolute atomic E-state index is 5.45. The van der Waals surface area contributed by atoms with Crippen molar-refractivity contribution in [3.8, 4) is 5.06 Å². The smallest absolute Gasteiger partial charge is 0.487 e. The third kappa shape index (κ3) is 2.04. The number of thiophene rings is 1. The van der Waals surface area contributed by atoms with Crippen LogP contribution in [0.5, 0.6) is 5.06 Å². The van der Waals surface area contributed by atoms with Crippen molar-refractivity contribution < 1.29 is 14.0 Å². The fourth-order valence-corrected chi connectivity index (χ4v) is 1.97. The lowest BCUT2D eigenvalue weighted by atomic mass is 9.80. The van der Waals surface area contributed by atoms with E-state index >= 15 is 0 Å². The third-order valence-electron chi connectivity index (χ3n) is 1.90. The van der Waals surface area contributed by atoms with Gasteiger partial charge in [0.25, 0.3) is 0 Å². The van der Waals surface area contributed by atoms with Crippen molar-refractivity contribution in [3.05, 3.63) is 11.4 Å². The molecule has 0 spiro atoms. The van der Waals surface area contributed by atoms with Crippen LogP contribution < -0.4 is 10.2 Å². The van der Waals surface area contributed by atoms with Crippen molar-refractivity contribution in [2.75, 3.05) is 20.3 Å². The van der Waals surface area contributed by atoms with E-state index in [1.807, 2.05) is 11.4 Å². The summed E-state index contributed by atoms with van der Waals surface area (Å²) in [5, 5.41) is 2.90. The van der Waals surface area contributed by atoms with E-state index in [0.717, 1.165) is 30.2 Å². The Morgan fingerprint density at radius 2 is 2.23 bits per heavy atom. The minimum Gasteiger partial charge on any atom is -0.487 e. The van der Waals surface area contributed by atoms with E-state index in [2.05, 4.69) is 0 Å². The largest absolute Gasteiger partial charge is 0.494 e. The molecule has 1 aromatic rings. The van der Waals surface area contributed by atoms with Crippen LogP contribution in [0.1, 0.15) is 6.42 Å². The van der Waals surface area contributed by atoms with E-state index in [9.17, 15) is 0 Å². The first-order valence-corrected chi connectivity index (χ1v) is 5.14. The van der Waals surface area contributed by atoms with E-state index in [0.29, 0.717) is 0 Å². The van der Waals surface area contributed by atoms with Crippen LogP contribution in [0, 0.1) is 0 Å². The summed E-state index contributed by atoms with van der Waals surface area (Å²) >= 11 is 1.56. The van der Waals surface area contributed by atoms with Crippen LogP contribution in [0.2, 0.25) is 0 Å². The number of rotatable bonds is 2. The van der Waals surface area contributed by atoms with Gasteiger partial charge >= 0.3 is 7.12 Å². The molecule has 70 valence electrons. The molecule has 0 bridgehead atoms. The Bertz CT molecular complexity index is 270. The molecule has 0 N–H and O–H groups in total. The summed E-state index contributed by atoms with van der Waals surface area (Å²) in [6.45, 7) is 1.56. The molecule has 5 heteroatoms. The van der Waals surface area contributed by atoms with Crippen molar-refractivity contribution in [2.45, 2.75) is 6.42 Å². The average Bonchev–Trinajstić information content (AvgIpc) is 2.67. The van der Waals surface area contributed by atoms with Crippen molar-refractivity contribution >= 4 is 23.9 Å². The molecule has 2 heterocycles. The molecule has 3 nitrogen and oxygen atoms in total. The fraction of sp³-hybridized carbons (Fsp3) is 0.500. The van der Waals surface area contributed by atoms with Crippen molar-refractivity contribution in [1.29, 1.82) is 0 Å². The van der Waals surface area contributed by atoms with E-state index in [4.69, 9.17) is 14.0 Å². The number of ether oxygens (including phenoxy) is 1. The standard InChI is InChI=1S/C8H11BO3S/c1-10-8-5-7(6-13-8)9-11-3-2-4-12-9/h5-6H,2-4H2,1H3. The van der Waals surface area contributed by atoms with Crippen molar-refractivity contribution in [3.63, 3.8) is 0 Å². The average molecular weight is 198 g/mol. The first kappa shape index (κ1) is 9.06. The van der Waals surface area contributed by atoms with Crippen LogP contribution in [0.3, 0.4) is 0 Å². The zero-order chi connectivity index (χ0) is 9.10. The Labute approximate surface area is 81.8 Å². The van der Waals surface area contributed by atoms with Gasteiger partial charge in [-0.25, -0.2) is 0 Å². The van der Waals surface area contributed by atoms with Crippen LogP contribution in [0.25, 0.3) is 0 Å². The van der Waals surface area contributed by atoms with E-state index in [-0.39, 0.29) is 7.12 Å². The topological polar surface area (TPSA) is 27.7 Å². The minimum atomic E-state index is -0.186. The molecule has 1 aromatic heterocycles. The fourth-order valence-electron chi connectivity index (χ4n) is 1.24. The van der Waals surface area contributed by atoms with Gasteiger partial charge in [-0.1, -0.05) is 0 Å². The van der Waals surface area contributed by atoms with Gasteiger partial charge < -0.3 is 14.0 Å². The number of methoxy groups -OCH3 is 1. The summed E-state index contributed by atoms with van der Waals surface area (Å²) in [7, 11) is 1.48. The summed E-state index contributed by atoms with van der Waals surface area (Å²) in [6.07, 6.45) is 0.984. The van der Waals surface area contributed by atoms with Crippen molar-refractivity contribution in [1.82, 2.24) is 0 Å². The Morgan fingerprint density at radius 3 is 2.85 bits per heavy atom. The summed E-state index contributed by atoms with van der Waals surface area (Å²) in [5.74, 6) is 0. The van der Waals surface area contributed by atoms with Crippen LogP contribution in [-0.2, 0) is 9.31 Å². The van der Waals surface area contributed by atoms with Gasteiger partial charge in [-0.3, -0.25) is 0 Å². The first-order chi connectivity index (χ1) is 6.40. The van der Waals surface area contributed by atoms with Gasteiger partial charge in [0, 0.05) is 13.2 Å². The maximum Gasteiger partial charge on any atom is 0.494 e. The second kappa shape index (κ2) is 4.13. The third-order valence-corrected chi connectivity index (χ3v) is 2.80. The summed E-state index contributed by atoms with van der Waals surface area (Å²) < 4.78 is 16.0. The Hall–Kier alpha value is -0.515. The van der Waals surface area contributed by atoms with E-state index < -0.39 is 0 Å². The molecule has 1 saturated heterocycles. The highest BCUT2D eigenvalue weighted by atomic mass is 32.1. The van der Waals surface area contributed by atoms with Gasteiger partial charge in [-0.2, -0.15) is 0 Å². The molecule has 0 aromatic carbocycles. The van der Waals surface area contributed by atoms with Crippen LogP contribution in [-0.4, -0.2) is 27.4 Å². The molecule has 1 aliphatic heterocycles. The molecule has 0 unspecified atom stereocenters. The number of hydrogen-bond acceptors (Lipinski definition) is 4. The molecule has 0 aliphatic carbocycles. The monoisotopic (exact) mass is 198 g/mol. The molecule has 13 heavy (non-hydrogen) atoms. The van der Waals surface area contributed by atoms with Gasteiger partial charge in [-0.15, -0.1) is 11.3 Å². The summed E-state index contributed by atoms with van der Waals surface area (Å²) in [5.41, 5.74) is 1.06. The zero-order valence-electron chi connectivity index (χ0n) is 7.49. The molecule has 1 fully saturated rings. The molecule has 1 aliphatic rings. The lowest BCUT2D eigenvalue weighted by Crippen LogP contribution is -2.39. The van der Waals surface area contributed by atoms with E-state index in [1.165, 1.54) is 0 Å². The van der Waals surface area contributed by atoms with Crippen LogP contribution >= 0.6 is 11.3 Å². The van der Waals surface area contributed by atoms with Crippen molar-refractivity contribution in [2.24, 2.45) is 0 Å². The molecule has 0 atom stereocenters. The highest BCUT2D eigenvalue weighted by molar-refractivity contribution is 7.13. The number of hydrogen-bond donors (Lipinski definition) is 0. The summed E-state index contributed by atoms with van der Waals surface area (Å²) in [4.78, 5) is 0. The van der Waals surface area contributed by atoms with Gasteiger partial charge in [0.1, 0.15) is 0 Å². The molecular formula is C8H11BO3S. The van der Waals surface area contributed by atoms with Crippen LogP contribution in [0.4, 0.5) is 0 Å². The van der Waals surface area contributed by atoms with Gasteiger partial charge in [0.05, 0.1) is 7.11 Å². The Morgan fingerprint density at radius 1 is 1.46 bits per heavy atom. The Kier molecular flexibility index (Phi) is 2.88. The molecule has 0 radical (unpaired) electrons. The van der Waals surface area contributed by atoms with Crippen LogP contribution in [0.15, 0.2) is 11.4 Å². The highest BCUT2D eigenvalue weighted by Gasteiger charge is 2.25. The quantitative estimate of drug-likeness (QED) is 0.660. The zero-order valence-corrected chi connectivity index (χ0v) is 8.30. The molecular weight excluding hydrogens is 187 g/mol. The molecule has 0 amide bonds. The normalized spacial score (nSPS) is 17.5. The maximum atomic E-state index is 5.45. The second-order valence-corrected chi connectivity index (χ2v) is 3.70. The summed E-state index contributed by atoms with van der Waals surface area (Å²) in [6, 6.07) is 1.96. The predicted octanol–water partition coefficient (Wildman–Crippen LogP) is 0.889. The van der Waals surface area contributed by atoms with E-state index in [1.54, 1.807) is 18.4 Å². The predicted molar refractivity (Wildman–Crippen MR) is 52.8 cm³/mol. The minimum absolute atomic E-state index is 0.186. The van der Waals surface area contributed by atoms with Gasteiger partial charge in [0.2, 0.25) is 0 Å². The molecule has 2 rings (SSSR count). The molecule has 0 saturated carbocycles. The highest BCUT2D eigenvalue weighted by Crippen LogP contribution is 2.17. The SMILES string of the molecule is COc1cc(B2OCCCO2)cs1. The van der Waals surface area contributed by atoms with Gasteiger partial charge in [0.15, 0.2) is 5.06 Å². The Balaban J connectivity index is 2.05. The lowest BCUT2D eigenvalue weighted by molar-refractivity contribution is 0.143. The lowest BCUT2D eigenvalue weighted by Gasteiger charge is -2.18. The van der Waals surface area contributed by atoms with Gasteiger partial charge in [-0.05, 0) is 23.3 Å².